The van der Waals surface area contributed by atoms with Crippen LogP contribution in [0.1, 0.15) is 15.9 Å². The van der Waals surface area contributed by atoms with Crippen LogP contribution in [0.25, 0.3) is 6.08 Å². The number of hydrogen-bond acceptors (Lipinski definition) is 4. The first-order valence-electron chi connectivity index (χ1n) is 6.25. The number of nitrogens with zero attached hydrogens (tertiary/aromatic N) is 2. The van der Waals surface area contributed by atoms with Gasteiger partial charge in [-0.1, -0.05) is 12.1 Å². The number of nitrogens with one attached hydrogen (secondary N) is 1. The summed E-state index contributed by atoms with van der Waals surface area (Å²) in [6.45, 7) is 0. The average Bonchev–Trinajstić information content (AvgIpc) is 2.90. The van der Waals surface area contributed by atoms with Gasteiger partial charge in [0.15, 0.2) is 0 Å². The van der Waals surface area contributed by atoms with Gasteiger partial charge < -0.3 is 10.1 Å². The maximum Gasteiger partial charge on any atom is 0.339 e. The molecule has 6 heteroatoms. The fourth-order valence-electron chi connectivity index (χ4n) is 1.75. The number of hydrogen-bond donors (Lipinski definition) is 1. The molecule has 0 saturated heterocycles. The van der Waals surface area contributed by atoms with Gasteiger partial charge in [-0.05, 0) is 18.2 Å². The Kier molecular flexibility index (Phi) is 4.50. The molecular weight excluding hydrogens is 270 g/mol. The molecule has 1 N–H and O–H groups in total. The number of benzene rings is 1. The molecule has 1 amide bonds. The highest BCUT2D eigenvalue weighted by Gasteiger charge is 2.11. The van der Waals surface area contributed by atoms with E-state index < -0.39 is 5.97 Å². The zero-order chi connectivity index (χ0) is 15.2. The monoisotopic (exact) mass is 285 g/mol. The van der Waals surface area contributed by atoms with E-state index in [-0.39, 0.29) is 5.91 Å². The van der Waals surface area contributed by atoms with Crippen LogP contribution < -0.4 is 5.32 Å². The maximum atomic E-state index is 11.9. The second-order valence-corrected chi connectivity index (χ2v) is 4.31. The van der Waals surface area contributed by atoms with Crippen molar-refractivity contribution >= 4 is 23.6 Å². The number of anilines is 1. The van der Waals surface area contributed by atoms with Crippen molar-refractivity contribution in [1.29, 1.82) is 0 Å². The third-order valence-electron chi connectivity index (χ3n) is 2.74. The van der Waals surface area contributed by atoms with Crippen molar-refractivity contribution in [3.05, 3.63) is 53.9 Å². The molecule has 0 radical (unpaired) electrons. The highest BCUT2D eigenvalue weighted by molar-refractivity contribution is 6.06. The van der Waals surface area contributed by atoms with Gasteiger partial charge in [0, 0.05) is 24.9 Å². The Labute approximate surface area is 122 Å². The van der Waals surface area contributed by atoms with Crippen molar-refractivity contribution in [2.75, 3.05) is 12.4 Å². The standard InChI is InChI=1S/C15H15N3O3/c1-18-10-11(9-16-18)7-8-14(19)17-13-6-4-3-5-12(13)15(20)21-2/h3-10H,1-2H3,(H,17,19)/b8-7+. The summed E-state index contributed by atoms with van der Waals surface area (Å²) in [4.78, 5) is 23.5. The van der Waals surface area contributed by atoms with E-state index in [2.05, 4.69) is 15.2 Å². The van der Waals surface area contributed by atoms with E-state index in [0.29, 0.717) is 11.3 Å². The molecule has 0 spiro atoms. The van der Waals surface area contributed by atoms with E-state index in [0.717, 1.165) is 5.56 Å². The van der Waals surface area contributed by atoms with Gasteiger partial charge in [0.2, 0.25) is 5.91 Å². The molecule has 1 aromatic carbocycles. The normalized spacial score (nSPS) is 10.6. The molecular formula is C15H15N3O3. The molecule has 2 aromatic rings. The third-order valence-corrected chi connectivity index (χ3v) is 2.74. The van der Waals surface area contributed by atoms with Crippen LogP contribution in [0.15, 0.2) is 42.7 Å². The molecule has 1 aromatic heterocycles. The van der Waals surface area contributed by atoms with Crippen LogP contribution in [0, 0.1) is 0 Å². The smallest absolute Gasteiger partial charge is 0.339 e. The summed E-state index contributed by atoms with van der Waals surface area (Å²) >= 11 is 0. The molecule has 0 atom stereocenters. The lowest BCUT2D eigenvalue weighted by Crippen LogP contribution is -2.12. The first kappa shape index (κ1) is 14.5. The van der Waals surface area contributed by atoms with Crippen molar-refractivity contribution in [2.24, 2.45) is 7.05 Å². The lowest BCUT2D eigenvalue weighted by atomic mass is 10.2. The zero-order valence-corrected chi connectivity index (χ0v) is 11.7. The molecule has 0 fully saturated rings. The Hall–Kier alpha value is -2.89. The number of carbonyl (C=O) groups is 2. The van der Waals surface area contributed by atoms with Crippen molar-refractivity contribution in [2.45, 2.75) is 0 Å². The second-order valence-electron chi connectivity index (χ2n) is 4.31. The number of amides is 1. The summed E-state index contributed by atoms with van der Waals surface area (Å²) in [5.41, 5.74) is 1.53. The highest BCUT2D eigenvalue weighted by Crippen LogP contribution is 2.16. The Bertz CT molecular complexity index is 689. The molecule has 6 nitrogen and oxygen atoms in total. The van der Waals surface area contributed by atoms with E-state index in [1.165, 1.54) is 13.2 Å². The average molecular weight is 285 g/mol. The highest BCUT2D eigenvalue weighted by atomic mass is 16.5. The summed E-state index contributed by atoms with van der Waals surface area (Å²) in [6, 6.07) is 6.66. The minimum atomic E-state index is -0.498. The van der Waals surface area contributed by atoms with Gasteiger partial charge >= 0.3 is 5.97 Å². The lowest BCUT2D eigenvalue weighted by molar-refractivity contribution is -0.111. The molecule has 0 unspecified atom stereocenters. The minimum absolute atomic E-state index is 0.308. The number of esters is 1. The molecule has 21 heavy (non-hydrogen) atoms. The molecule has 0 aliphatic carbocycles. The number of para-hydroxylation sites is 1. The van der Waals surface area contributed by atoms with Crippen LogP contribution >= 0.6 is 0 Å². The van der Waals surface area contributed by atoms with Gasteiger partial charge in [0.25, 0.3) is 0 Å². The Morgan fingerprint density at radius 2 is 2.10 bits per heavy atom. The number of rotatable bonds is 4. The van der Waals surface area contributed by atoms with Crippen LogP contribution in [0.2, 0.25) is 0 Å². The van der Waals surface area contributed by atoms with Gasteiger partial charge in [0.1, 0.15) is 0 Å². The van der Waals surface area contributed by atoms with Gasteiger partial charge in [-0.2, -0.15) is 5.10 Å². The molecule has 0 bridgehead atoms. The first-order chi connectivity index (χ1) is 10.1. The predicted molar refractivity (Wildman–Crippen MR) is 78.7 cm³/mol. The van der Waals surface area contributed by atoms with E-state index in [9.17, 15) is 9.59 Å². The predicted octanol–water partition coefficient (Wildman–Crippen LogP) is 1.86. The maximum absolute atomic E-state index is 11.9. The van der Waals surface area contributed by atoms with Crippen LogP contribution in [0.5, 0.6) is 0 Å². The summed E-state index contributed by atoms with van der Waals surface area (Å²) in [7, 11) is 3.09. The topological polar surface area (TPSA) is 73.2 Å². The summed E-state index contributed by atoms with van der Waals surface area (Å²) in [5.74, 6) is -0.836. The zero-order valence-electron chi connectivity index (χ0n) is 11.7. The van der Waals surface area contributed by atoms with Gasteiger partial charge in [0.05, 0.1) is 24.6 Å². The third kappa shape index (κ3) is 3.79. The molecule has 1 heterocycles. The molecule has 0 saturated carbocycles. The Morgan fingerprint density at radius 1 is 1.33 bits per heavy atom. The van der Waals surface area contributed by atoms with Crippen LogP contribution in [0.3, 0.4) is 0 Å². The summed E-state index contributed by atoms with van der Waals surface area (Å²) in [5, 5.41) is 6.65. The molecule has 2 rings (SSSR count). The van der Waals surface area contributed by atoms with Gasteiger partial charge in [-0.3, -0.25) is 9.48 Å². The molecule has 0 aliphatic rings. The van der Waals surface area contributed by atoms with E-state index in [1.54, 1.807) is 54.5 Å². The van der Waals surface area contributed by atoms with Crippen LogP contribution in [-0.4, -0.2) is 28.8 Å². The first-order valence-corrected chi connectivity index (χ1v) is 6.25. The molecule has 0 aliphatic heterocycles. The Morgan fingerprint density at radius 3 is 2.76 bits per heavy atom. The van der Waals surface area contributed by atoms with Gasteiger partial charge in [-0.15, -0.1) is 0 Å². The van der Waals surface area contributed by atoms with Crippen molar-refractivity contribution < 1.29 is 14.3 Å². The number of methoxy groups -OCH3 is 1. The fourth-order valence-corrected chi connectivity index (χ4v) is 1.75. The largest absolute Gasteiger partial charge is 0.465 e. The quantitative estimate of drug-likeness (QED) is 0.687. The fraction of sp³-hybridized carbons (Fsp3) is 0.133. The van der Waals surface area contributed by atoms with Gasteiger partial charge in [-0.25, -0.2) is 4.79 Å². The van der Waals surface area contributed by atoms with E-state index >= 15 is 0 Å². The minimum Gasteiger partial charge on any atom is -0.465 e. The Balaban J connectivity index is 2.09. The number of ether oxygens (including phenoxy) is 1. The summed E-state index contributed by atoms with van der Waals surface area (Å²) in [6.07, 6.45) is 6.45. The van der Waals surface area contributed by atoms with Crippen LogP contribution in [-0.2, 0) is 16.6 Å². The van der Waals surface area contributed by atoms with Crippen molar-refractivity contribution in [3.63, 3.8) is 0 Å². The second kappa shape index (κ2) is 6.51. The number of aromatic nitrogens is 2. The number of carbonyl (C=O) groups excluding carboxylic acids is 2. The number of aryl methyl sites for hydroxylation is 1. The van der Waals surface area contributed by atoms with Crippen LogP contribution in [0.4, 0.5) is 5.69 Å². The SMILES string of the molecule is COC(=O)c1ccccc1NC(=O)/C=C/c1cnn(C)c1. The molecule has 108 valence electrons. The lowest BCUT2D eigenvalue weighted by Gasteiger charge is -2.07. The van der Waals surface area contributed by atoms with E-state index in [4.69, 9.17) is 0 Å². The van der Waals surface area contributed by atoms with Crippen molar-refractivity contribution in [1.82, 2.24) is 9.78 Å². The summed E-state index contributed by atoms with van der Waals surface area (Å²) < 4.78 is 6.31. The van der Waals surface area contributed by atoms with Crippen molar-refractivity contribution in [3.8, 4) is 0 Å². The van der Waals surface area contributed by atoms with E-state index in [1.807, 2.05) is 0 Å².